The summed E-state index contributed by atoms with van der Waals surface area (Å²) in [4.78, 5) is 0. The predicted octanol–water partition coefficient (Wildman–Crippen LogP) is 15.7. The van der Waals surface area contributed by atoms with Crippen LogP contribution in [0.3, 0.4) is 0 Å². The average molecular weight is 747 g/mol. The molecular formula is C57H62. The van der Waals surface area contributed by atoms with Gasteiger partial charge in [0.2, 0.25) is 0 Å². The molecule has 3 aliphatic rings. The van der Waals surface area contributed by atoms with Crippen LogP contribution in [0.5, 0.6) is 0 Å². The lowest BCUT2D eigenvalue weighted by Crippen LogP contribution is -2.28. The lowest BCUT2D eigenvalue weighted by atomic mass is 9.66. The van der Waals surface area contributed by atoms with Crippen LogP contribution in [-0.2, 0) is 5.41 Å². The molecular weight excluding hydrogens is 685 g/mol. The Kier molecular flexibility index (Phi) is 10.4. The summed E-state index contributed by atoms with van der Waals surface area (Å²) in [7, 11) is 0. The van der Waals surface area contributed by atoms with Crippen LogP contribution in [-0.4, -0.2) is 0 Å². The molecule has 0 aliphatic heterocycles. The van der Waals surface area contributed by atoms with Gasteiger partial charge in [-0.1, -0.05) is 188 Å². The molecule has 0 heterocycles. The van der Waals surface area contributed by atoms with Crippen LogP contribution in [0.4, 0.5) is 0 Å². The van der Waals surface area contributed by atoms with E-state index < -0.39 is 5.41 Å². The fraction of sp³-hybridized carbons (Fsp3) is 0.368. The second-order valence-corrected chi connectivity index (χ2v) is 19.1. The smallest absolute Gasteiger partial charge is 0.0625 e. The highest BCUT2D eigenvalue weighted by Crippen LogP contribution is 2.57. The molecule has 2 fully saturated rings. The highest BCUT2D eigenvalue weighted by Gasteiger charge is 2.46. The van der Waals surface area contributed by atoms with Gasteiger partial charge in [0.25, 0.3) is 0 Å². The molecule has 0 heteroatoms. The molecule has 0 bridgehead atoms. The van der Waals surface area contributed by atoms with E-state index >= 15 is 0 Å². The summed E-state index contributed by atoms with van der Waals surface area (Å²) in [6.45, 7) is 14.6. The molecule has 0 N–H and O–H groups in total. The summed E-state index contributed by atoms with van der Waals surface area (Å²) in [6.07, 6.45) is 8.05. The highest BCUT2D eigenvalue weighted by molar-refractivity contribution is 5.87. The van der Waals surface area contributed by atoms with E-state index in [0.29, 0.717) is 23.7 Å². The molecule has 6 aromatic rings. The van der Waals surface area contributed by atoms with Gasteiger partial charge in [-0.3, -0.25) is 0 Å². The third-order valence-electron chi connectivity index (χ3n) is 14.9. The third kappa shape index (κ3) is 6.82. The van der Waals surface area contributed by atoms with E-state index in [4.69, 9.17) is 0 Å². The molecule has 2 unspecified atom stereocenters. The van der Waals surface area contributed by atoms with E-state index in [1.807, 2.05) is 0 Å². The minimum absolute atomic E-state index is 0.454. The molecule has 6 aromatic carbocycles. The topological polar surface area (TPSA) is 0 Å². The first-order chi connectivity index (χ1) is 27.7. The minimum atomic E-state index is -0.454. The van der Waals surface area contributed by atoms with Gasteiger partial charge in [-0.2, -0.15) is 0 Å². The van der Waals surface area contributed by atoms with Crippen molar-refractivity contribution < 1.29 is 0 Å². The Morgan fingerprint density at radius 1 is 0.421 bits per heavy atom. The number of fused-ring (bicyclic) bond motifs is 3. The third-order valence-corrected chi connectivity index (χ3v) is 14.9. The zero-order valence-electron chi connectivity index (χ0n) is 35.2. The normalized spacial score (nSPS) is 24.0. The predicted molar refractivity (Wildman–Crippen MR) is 243 cm³/mol. The van der Waals surface area contributed by atoms with Crippen LogP contribution in [0.25, 0.3) is 33.4 Å². The molecule has 0 nitrogen and oxygen atoms in total. The molecule has 0 spiro atoms. The van der Waals surface area contributed by atoms with Gasteiger partial charge in [0.05, 0.1) is 5.41 Å². The SMILES string of the molecule is CC(C)[C@H]1CC[C@H](C)CC1c1ccc(-c2cccc(C3(c4cccc(-c5ccc(C6C[C@H](C)CC[C@H]6C(C)C)cc5)c4)c4ccccc4-c4ccccc43)c2)cc1. The van der Waals surface area contributed by atoms with E-state index in [1.54, 1.807) is 0 Å². The first-order valence-electron chi connectivity index (χ1n) is 22.3. The average Bonchev–Trinajstić information content (AvgIpc) is 3.55. The molecule has 0 aromatic heterocycles. The van der Waals surface area contributed by atoms with Gasteiger partial charge in [-0.15, -0.1) is 0 Å². The Bertz CT molecular complexity index is 2150. The lowest BCUT2D eigenvalue weighted by Gasteiger charge is -2.38. The van der Waals surface area contributed by atoms with Gasteiger partial charge in [0, 0.05) is 0 Å². The second kappa shape index (κ2) is 15.6. The van der Waals surface area contributed by atoms with Crippen molar-refractivity contribution in [2.75, 3.05) is 0 Å². The molecule has 3 aliphatic carbocycles. The first-order valence-corrected chi connectivity index (χ1v) is 22.3. The van der Waals surface area contributed by atoms with Crippen molar-refractivity contribution in [2.45, 2.75) is 97.3 Å². The number of hydrogen-bond acceptors (Lipinski definition) is 0. The Hall–Kier alpha value is -4.68. The van der Waals surface area contributed by atoms with Crippen molar-refractivity contribution in [3.63, 3.8) is 0 Å². The largest absolute Gasteiger partial charge is 0.0713 e. The van der Waals surface area contributed by atoms with E-state index in [1.165, 1.54) is 105 Å². The standard InChI is InChI=1S/C57H62/c1-37(2)49-31-21-39(5)33-53(49)43-27-23-41(24-28-43)45-13-11-15-47(35-45)57(55-19-9-7-17-51(55)52-18-8-10-20-56(52)57)48-16-12-14-46(36-48)42-25-29-44(30-26-42)54-34-40(6)22-32-50(54)38(3)4/h7-20,23-30,35-40,49-50,53-54H,21-22,31-34H2,1-6H3/t39-,40+,49+,50-,53?,54?. The summed E-state index contributed by atoms with van der Waals surface area (Å²) in [5.41, 5.74) is 15.8. The Balaban J connectivity index is 1.13. The van der Waals surface area contributed by atoms with Crippen LogP contribution in [0.2, 0.25) is 0 Å². The maximum absolute atomic E-state index is 2.49. The van der Waals surface area contributed by atoms with Gasteiger partial charge < -0.3 is 0 Å². The van der Waals surface area contributed by atoms with Crippen LogP contribution in [0, 0.1) is 35.5 Å². The Morgan fingerprint density at radius 2 is 0.825 bits per heavy atom. The van der Waals surface area contributed by atoms with E-state index in [2.05, 4.69) is 187 Å². The van der Waals surface area contributed by atoms with Crippen molar-refractivity contribution >= 4 is 0 Å². The summed E-state index contributed by atoms with van der Waals surface area (Å²) < 4.78 is 0. The first kappa shape index (κ1) is 37.9. The monoisotopic (exact) mass is 746 g/mol. The van der Waals surface area contributed by atoms with Crippen molar-refractivity contribution in [1.82, 2.24) is 0 Å². The molecule has 57 heavy (non-hydrogen) atoms. The molecule has 290 valence electrons. The van der Waals surface area contributed by atoms with E-state index in [-0.39, 0.29) is 0 Å². The maximum atomic E-state index is 2.49. The molecule has 9 rings (SSSR count). The lowest BCUT2D eigenvalue weighted by molar-refractivity contribution is 0.197. The summed E-state index contributed by atoms with van der Waals surface area (Å²) in [6, 6.07) is 56.6. The minimum Gasteiger partial charge on any atom is -0.0625 e. The second-order valence-electron chi connectivity index (χ2n) is 19.1. The van der Waals surface area contributed by atoms with E-state index in [0.717, 1.165) is 23.7 Å². The molecule has 2 saturated carbocycles. The fourth-order valence-electron chi connectivity index (χ4n) is 11.9. The van der Waals surface area contributed by atoms with Crippen LogP contribution < -0.4 is 0 Å². The summed E-state index contributed by atoms with van der Waals surface area (Å²) in [5, 5.41) is 0. The molecule has 0 saturated heterocycles. The highest BCUT2D eigenvalue weighted by atomic mass is 14.5. The van der Waals surface area contributed by atoms with Gasteiger partial charge >= 0.3 is 0 Å². The summed E-state index contributed by atoms with van der Waals surface area (Å²) >= 11 is 0. The molecule has 0 amide bonds. The van der Waals surface area contributed by atoms with Crippen molar-refractivity contribution in [3.05, 3.63) is 179 Å². The number of rotatable bonds is 8. The van der Waals surface area contributed by atoms with Gasteiger partial charge in [-0.05, 0) is 152 Å². The fourth-order valence-corrected chi connectivity index (χ4v) is 11.9. The van der Waals surface area contributed by atoms with Gasteiger partial charge in [0.1, 0.15) is 0 Å². The number of hydrogen-bond donors (Lipinski definition) is 0. The molecule has 0 radical (unpaired) electrons. The quantitative estimate of drug-likeness (QED) is 0.145. The molecule has 6 atom stereocenters. The Morgan fingerprint density at radius 3 is 1.23 bits per heavy atom. The van der Waals surface area contributed by atoms with Crippen molar-refractivity contribution in [2.24, 2.45) is 35.5 Å². The zero-order chi connectivity index (χ0) is 39.3. The van der Waals surface area contributed by atoms with Crippen LogP contribution >= 0.6 is 0 Å². The zero-order valence-corrected chi connectivity index (χ0v) is 35.2. The van der Waals surface area contributed by atoms with Gasteiger partial charge in [-0.25, -0.2) is 0 Å². The number of benzene rings is 6. The van der Waals surface area contributed by atoms with E-state index in [9.17, 15) is 0 Å². The maximum Gasteiger partial charge on any atom is 0.0713 e. The summed E-state index contributed by atoms with van der Waals surface area (Å²) in [5.74, 6) is 5.88. The van der Waals surface area contributed by atoms with Crippen molar-refractivity contribution in [1.29, 1.82) is 0 Å². The van der Waals surface area contributed by atoms with Crippen molar-refractivity contribution in [3.8, 4) is 33.4 Å². The Labute approximate surface area is 343 Å². The van der Waals surface area contributed by atoms with Gasteiger partial charge in [0.15, 0.2) is 0 Å². The van der Waals surface area contributed by atoms with Crippen LogP contribution in [0.15, 0.2) is 146 Å². The van der Waals surface area contributed by atoms with Crippen LogP contribution in [0.1, 0.15) is 125 Å².